The molecule has 18 heavy (non-hydrogen) atoms. The summed E-state index contributed by atoms with van der Waals surface area (Å²) in [5, 5.41) is 7.50. The van der Waals surface area contributed by atoms with Gasteiger partial charge in [0.15, 0.2) is 11.0 Å². The fourth-order valence-electron chi connectivity index (χ4n) is 0.999. The molecule has 1 aromatic heterocycles. The molecule has 0 aromatic carbocycles. The van der Waals surface area contributed by atoms with Crippen LogP contribution in [0.25, 0.3) is 0 Å². The Labute approximate surface area is 111 Å². The summed E-state index contributed by atoms with van der Waals surface area (Å²) in [6, 6.07) is 0. The molecule has 0 aliphatic carbocycles. The van der Waals surface area contributed by atoms with Crippen LogP contribution in [0, 0.1) is 5.41 Å². The highest BCUT2D eigenvalue weighted by Crippen LogP contribution is 2.17. The maximum atomic E-state index is 10.6. The van der Waals surface area contributed by atoms with Gasteiger partial charge in [0, 0.05) is 6.92 Å². The summed E-state index contributed by atoms with van der Waals surface area (Å²) in [5.74, 6) is -0.355. The highest BCUT2D eigenvalue weighted by atomic mass is 35.5. The van der Waals surface area contributed by atoms with Crippen LogP contribution in [0.5, 0.6) is 0 Å². The van der Waals surface area contributed by atoms with Crippen LogP contribution in [0.1, 0.15) is 39.1 Å². The lowest BCUT2D eigenvalue weighted by atomic mass is 10.3. The zero-order valence-electron chi connectivity index (χ0n) is 10.9. The number of nitrogens with zero attached hydrogens (tertiary/aromatic N) is 2. The van der Waals surface area contributed by atoms with Gasteiger partial charge in [-0.15, -0.1) is 0 Å². The van der Waals surface area contributed by atoms with Crippen molar-refractivity contribution in [2.45, 2.75) is 34.3 Å². The number of carbonyl (C=O) groups excluding carboxylic acids is 1. The lowest BCUT2D eigenvalue weighted by molar-refractivity contribution is -0.142. The number of anilines is 1. The number of halogens is 1. The Kier molecular flexibility index (Phi) is 6.89. The van der Waals surface area contributed by atoms with Crippen molar-refractivity contribution in [2.24, 2.45) is 0 Å². The van der Waals surface area contributed by atoms with Crippen LogP contribution < -0.4 is 5.73 Å². The van der Waals surface area contributed by atoms with Gasteiger partial charge in [-0.1, -0.05) is 25.4 Å². The molecular weight excluding hydrogens is 256 g/mol. The molecule has 1 heterocycles. The van der Waals surface area contributed by atoms with Crippen LogP contribution in [0.3, 0.4) is 0 Å². The van der Waals surface area contributed by atoms with Crippen molar-refractivity contribution in [1.82, 2.24) is 9.97 Å². The van der Waals surface area contributed by atoms with E-state index in [1.54, 1.807) is 0 Å². The van der Waals surface area contributed by atoms with Gasteiger partial charge in [-0.25, -0.2) is 9.97 Å². The average molecular weight is 273 g/mol. The van der Waals surface area contributed by atoms with E-state index in [0.717, 1.165) is 0 Å². The lowest BCUT2D eigenvalue weighted by Gasteiger charge is -2.07. The molecule has 0 saturated heterocycles. The molecule has 0 bridgehead atoms. The van der Waals surface area contributed by atoms with Crippen LogP contribution in [0.4, 0.5) is 5.82 Å². The monoisotopic (exact) mass is 272 g/mol. The Hall–Kier alpha value is -1.69. The minimum absolute atomic E-state index is 0.0729. The van der Waals surface area contributed by atoms with Crippen molar-refractivity contribution in [3.05, 3.63) is 16.5 Å². The molecule has 7 heteroatoms. The van der Waals surface area contributed by atoms with Crippen molar-refractivity contribution in [3.63, 3.8) is 0 Å². The number of hydrogen-bond donors (Lipinski definition) is 2. The third kappa shape index (κ3) is 4.67. The van der Waals surface area contributed by atoms with E-state index in [0.29, 0.717) is 0 Å². The molecule has 6 nitrogen and oxygen atoms in total. The van der Waals surface area contributed by atoms with E-state index < -0.39 is 5.97 Å². The molecule has 0 spiro atoms. The van der Waals surface area contributed by atoms with E-state index >= 15 is 0 Å². The Morgan fingerprint density at radius 3 is 2.39 bits per heavy atom. The van der Waals surface area contributed by atoms with Crippen molar-refractivity contribution in [2.75, 3.05) is 5.73 Å². The first-order chi connectivity index (χ1) is 8.41. The van der Waals surface area contributed by atoms with Gasteiger partial charge in [0.25, 0.3) is 0 Å². The number of esters is 1. The fraction of sp³-hybridized carbons (Fsp3) is 0.455. The molecule has 0 amide bonds. The highest BCUT2D eigenvalue weighted by Gasteiger charge is 2.12. The first kappa shape index (κ1) is 16.3. The molecule has 0 atom stereocenters. The number of nitrogen functional groups attached to an aromatic ring is 1. The highest BCUT2D eigenvalue weighted by molar-refractivity contribution is 6.30. The zero-order valence-corrected chi connectivity index (χ0v) is 11.6. The number of nitrogens with two attached hydrogens (primary N) is 1. The maximum absolute atomic E-state index is 10.6. The second-order valence-electron chi connectivity index (χ2n) is 3.10. The van der Waals surface area contributed by atoms with E-state index in [-0.39, 0.29) is 34.7 Å². The van der Waals surface area contributed by atoms with E-state index in [2.05, 4.69) is 9.97 Å². The quantitative estimate of drug-likeness (QED) is 0.649. The summed E-state index contributed by atoms with van der Waals surface area (Å²) in [6.07, 6.45) is 0. The number of carbonyl (C=O) groups is 1. The summed E-state index contributed by atoms with van der Waals surface area (Å²) in [7, 11) is 0. The summed E-state index contributed by atoms with van der Waals surface area (Å²) in [4.78, 5) is 18.5. The number of hydrogen-bond acceptors (Lipinski definition) is 6. The summed E-state index contributed by atoms with van der Waals surface area (Å²) in [5.41, 5.74) is 6.24. The molecule has 100 valence electrons. The van der Waals surface area contributed by atoms with Gasteiger partial charge in [0.05, 0.1) is 5.71 Å². The van der Waals surface area contributed by atoms with Gasteiger partial charge in [-0.3, -0.25) is 4.79 Å². The van der Waals surface area contributed by atoms with Crippen molar-refractivity contribution in [3.8, 4) is 0 Å². The minimum Gasteiger partial charge on any atom is -0.459 e. The fourth-order valence-corrected chi connectivity index (χ4v) is 1.19. The summed E-state index contributed by atoms with van der Waals surface area (Å²) < 4.78 is 4.75. The van der Waals surface area contributed by atoms with Crippen molar-refractivity contribution < 1.29 is 9.53 Å². The van der Waals surface area contributed by atoms with Gasteiger partial charge in [0.1, 0.15) is 18.0 Å². The first-order valence-corrected chi connectivity index (χ1v) is 5.80. The van der Waals surface area contributed by atoms with Crippen LogP contribution >= 0.6 is 11.6 Å². The van der Waals surface area contributed by atoms with Gasteiger partial charge in [-0.2, -0.15) is 0 Å². The number of aromatic nitrogens is 2. The number of rotatable bonds is 3. The third-order valence-corrected chi connectivity index (χ3v) is 2.02. The van der Waals surface area contributed by atoms with Crippen LogP contribution in [0.15, 0.2) is 0 Å². The smallest absolute Gasteiger partial charge is 0.303 e. The standard InChI is InChI=1S/C9H11ClN4O2.C2H6/c1-4(11)7-9(12)14-8(10)6(13-7)3-16-5(2)15;1-2/h11H,3H2,1-2H3,(H2,12,14);1-2H3. The molecule has 0 radical (unpaired) electrons. The van der Waals surface area contributed by atoms with E-state index in [4.69, 9.17) is 27.5 Å². The third-order valence-electron chi connectivity index (χ3n) is 1.71. The zero-order chi connectivity index (χ0) is 14.3. The lowest BCUT2D eigenvalue weighted by Crippen LogP contribution is -2.10. The van der Waals surface area contributed by atoms with Crippen LogP contribution in [0.2, 0.25) is 5.15 Å². The predicted octanol–water partition coefficient (Wildman–Crippen LogP) is 2.19. The second kappa shape index (κ2) is 7.60. The molecule has 0 aliphatic heterocycles. The normalized spacial score (nSPS) is 9.17. The maximum Gasteiger partial charge on any atom is 0.303 e. The summed E-state index contributed by atoms with van der Waals surface area (Å²) in [6.45, 7) is 6.73. The van der Waals surface area contributed by atoms with Gasteiger partial charge in [0.2, 0.25) is 0 Å². The molecule has 0 saturated carbocycles. The van der Waals surface area contributed by atoms with E-state index in [1.165, 1.54) is 13.8 Å². The molecule has 3 N–H and O–H groups in total. The minimum atomic E-state index is -0.442. The first-order valence-electron chi connectivity index (χ1n) is 5.42. The van der Waals surface area contributed by atoms with Gasteiger partial charge >= 0.3 is 5.97 Å². The van der Waals surface area contributed by atoms with E-state index in [1.807, 2.05) is 13.8 Å². The largest absolute Gasteiger partial charge is 0.459 e. The Bertz CT molecular complexity index is 449. The van der Waals surface area contributed by atoms with E-state index in [9.17, 15) is 4.79 Å². The molecule has 1 rings (SSSR count). The number of ether oxygens (including phenoxy) is 1. The Morgan fingerprint density at radius 1 is 1.39 bits per heavy atom. The topological polar surface area (TPSA) is 102 Å². The molecule has 0 fully saturated rings. The predicted molar refractivity (Wildman–Crippen MR) is 70.8 cm³/mol. The Balaban J connectivity index is 0.00000137. The Morgan fingerprint density at radius 2 is 1.94 bits per heavy atom. The van der Waals surface area contributed by atoms with Crippen molar-refractivity contribution >= 4 is 29.1 Å². The molecule has 0 aliphatic rings. The van der Waals surface area contributed by atoms with Crippen molar-refractivity contribution in [1.29, 1.82) is 5.41 Å². The SMILES string of the molecule is CC.CC(=N)c1nc(COC(C)=O)c(Cl)nc1N. The van der Waals surface area contributed by atoms with Gasteiger partial charge in [-0.05, 0) is 6.92 Å². The molecule has 0 unspecified atom stereocenters. The summed E-state index contributed by atoms with van der Waals surface area (Å²) >= 11 is 5.77. The molecular formula is C11H17ClN4O2. The average Bonchev–Trinajstić information content (AvgIpc) is 2.29. The second-order valence-corrected chi connectivity index (χ2v) is 3.46. The number of nitrogens with one attached hydrogen (secondary N) is 1. The van der Waals surface area contributed by atoms with Gasteiger partial charge < -0.3 is 15.9 Å². The van der Waals surface area contributed by atoms with Crippen LogP contribution in [-0.4, -0.2) is 21.6 Å². The molecule has 1 aromatic rings. The van der Waals surface area contributed by atoms with Crippen LogP contribution in [-0.2, 0) is 16.1 Å².